The largest absolute Gasteiger partial charge is 0.462 e. The molecule has 0 aliphatic heterocycles. The van der Waals surface area contributed by atoms with Gasteiger partial charge < -0.3 is 14.2 Å². The molecule has 0 aromatic heterocycles. The number of unbranched alkanes of at least 4 members (excludes halogenated alkanes) is 36. The van der Waals surface area contributed by atoms with Gasteiger partial charge in [-0.1, -0.05) is 279 Å². The second-order valence-corrected chi connectivity index (χ2v) is 20.5. The summed E-state index contributed by atoms with van der Waals surface area (Å²) in [4.78, 5) is 38.1. The van der Waals surface area contributed by atoms with Crippen LogP contribution in [0.15, 0.2) is 0 Å². The first-order chi connectivity index (χ1) is 30.7. The van der Waals surface area contributed by atoms with Crippen LogP contribution in [0.3, 0.4) is 0 Å². The summed E-state index contributed by atoms with van der Waals surface area (Å²) in [6.07, 6.45) is 52.3. The van der Waals surface area contributed by atoms with Crippen LogP contribution in [0.4, 0.5) is 0 Å². The minimum absolute atomic E-state index is 0.0629. The van der Waals surface area contributed by atoms with Crippen molar-refractivity contribution in [2.24, 2.45) is 11.8 Å². The summed E-state index contributed by atoms with van der Waals surface area (Å²) in [5.74, 6) is 0.826. The summed E-state index contributed by atoms with van der Waals surface area (Å²) in [5.41, 5.74) is 0. The van der Waals surface area contributed by atoms with E-state index < -0.39 is 6.10 Å². The van der Waals surface area contributed by atoms with Crippen LogP contribution in [0.25, 0.3) is 0 Å². The van der Waals surface area contributed by atoms with Crippen molar-refractivity contribution in [3.8, 4) is 0 Å². The summed E-state index contributed by atoms with van der Waals surface area (Å²) >= 11 is 0. The van der Waals surface area contributed by atoms with Crippen LogP contribution < -0.4 is 0 Å². The lowest BCUT2D eigenvalue weighted by Gasteiger charge is -2.18. The maximum Gasteiger partial charge on any atom is 0.306 e. The van der Waals surface area contributed by atoms with Crippen molar-refractivity contribution in [3.63, 3.8) is 0 Å². The molecule has 63 heavy (non-hydrogen) atoms. The van der Waals surface area contributed by atoms with E-state index in [0.29, 0.717) is 19.3 Å². The molecule has 6 heteroatoms. The lowest BCUT2D eigenvalue weighted by atomic mass is 10.0. The fraction of sp³-hybridized carbons (Fsp3) is 0.947. The van der Waals surface area contributed by atoms with E-state index in [9.17, 15) is 14.4 Å². The molecular formula is C57H110O6. The lowest BCUT2D eigenvalue weighted by Crippen LogP contribution is -2.30. The van der Waals surface area contributed by atoms with E-state index in [2.05, 4.69) is 34.6 Å². The van der Waals surface area contributed by atoms with Crippen LogP contribution in [-0.4, -0.2) is 37.2 Å². The molecule has 0 aliphatic carbocycles. The number of ether oxygens (including phenoxy) is 3. The first-order valence-corrected chi connectivity index (χ1v) is 28.2. The van der Waals surface area contributed by atoms with Crippen molar-refractivity contribution in [2.75, 3.05) is 13.2 Å². The Kier molecular flexibility index (Phi) is 48.6. The molecule has 374 valence electrons. The van der Waals surface area contributed by atoms with E-state index in [1.807, 2.05) is 0 Å². The Morgan fingerprint density at radius 3 is 0.778 bits per heavy atom. The molecule has 1 atom stereocenters. The van der Waals surface area contributed by atoms with Crippen LogP contribution >= 0.6 is 0 Å². The second-order valence-electron chi connectivity index (χ2n) is 20.5. The van der Waals surface area contributed by atoms with Gasteiger partial charge in [0, 0.05) is 19.3 Å². The molecule has 0 radical (unpaired) electrons. The van der Waals surface area contributed by atoms with Crippen LogP contribution in [0.2, 0.25) is 0 Å². The zero-order valence-corrected chi connectivity index (χ0v) is 43.2. The Bertz CT molecular complexity index is 962. The standard InChI is InChI=1S/C57H110O6/c1-6-7-8-9-10-11-12-13-14-17-23-29-34-39-44-49-57(60)63-54(51-62-56(59)48-43-38-33-28-24-19-21-26-31-36-41-46-53(4)5)50-61-55(58)47-42-37-32-27-22-18-15-16-20-25-30-35-40-45-52(2)3/h52-54H,6-51H2,1-5H3/t54-/m1/s1. The molecule has 0 aromatic rings. The molecule has 0 unspecified atom stereocenters. The van der Waals surface area contributed by atoms with E-state index in [1.165, 1.54) is 205 Å². The molecule has 0 spiro atoms. The number of esters is 3. The first-order valence-electron chi connectivity index (χ1n) is 28.2. The average molecular weight is 892 g/mol. The van der Waals surface area contributed by atoms with E-state index in [-0.39, 0.29) is 31.1 Å². The van der Waals surface area contributed by atoms with E-state index in [4.69, 9.17) is 14.2 Å². The van der Waals surface area contributed by atoms with Crippen molar-refractivity contribution in [1.82, 2.24) is 0 Å². The topological polar surface area (TPSA) is 78.9 Å². The minimum atomic E-state index is -0.762. The van der Waals surface area contributed by atoms with Crippen LogP contribution in [0, 0.1) is 11.8 Å². The van der Waals surface area contributed by atoms with E-state index in [1.54, 1.807) is 0 Å². The third kappa shape index (κ3) is 51.3. The van der Waals surface area contributed by atoms with Crippen LogP contribution in [-0.2, 0) is 28.6 Å². The second kappa shape index (κ2) is 49.8. The fourth-order valence-electron chi connectivity index (χ4n) is 8.70. The molecule has 0 bridgehead atoms. The van der Waals surface area contributed by atoms with Gasteiger partial charge >= 0.3 is 17.9 Å². The Morgan fingerprint density at radius 1 is 0.302 bits per heavy atom. The Balaban J connectivity index is 4.31. The monoisotopic (exact) mass is 891 g/mol. The summed E-state index contributed by atoms with van der Waals surface area (Å²) in [7, 11) is 0. The summed E-state index contributed by atoms with van der Waals surface area (Å²) in [6, 6.07) is 0. The maximum absolute atomic E-state index is 12.8. The van der Waals surface area contributed by atoms with Gasteiger partial charge in [-0.05, 0) is 31.1 Å². The fourth-order valence-corrected chi connectivity index (χ4v) is 8.70. The van der Waals surface area contributed by atoms with Crippen LogP contribution in [0.5, 0.6) is 0 Å². The van der Waals surface area contributed by atoms with Crippen molar-refractivity contribution in [3.05, 3.63) is 0 Å². The van der Waals surface area contributed by atoms with Crippen molar-refractivity contribution in [1.29, 1.82) is 0 Å². The molecule has 0 saturated carbocycles. The Morgan fingerprint density at radius 2 is 0.524 bits per heavy atom. The predicted octanol–water partition coefficient (Wildman–Crippen LogP) is 18.5. The SMILES string of the molecule is CCCCCCCCCCCCCCCCCC(=O)O[C@H](COC(=O)CCCCCCCCCCCCCCCC(C)C)COC(=O)CCCCCCCCCCCCCC(C)C. The highest BCUT2D eigenvalue weighted by molar-refractivity contribution is 5.71. The molecular weight excluding hydrogens is 781 g/mol. The van der Waals surface area contributed by atoms with Crippen LogP contribution in [0.1, 0.15) is 317 Å². The maximum atomic E-state index is 12.8. The third-order valence-corrected chi connectivity index (χ3v) is 13.0. The van der Waals surface area contributed by atoms with Gasteiger partial charge in [0.1, 0.15) is 13.2 Å². The van der Waals surface area contributed by atoms with E-state index >= 15 is 0 Å². The smallest absolute Gasteiger partial charge is 0.306 e. The Labute approximate surface area is 393 Å². The molecule has 0 amide bonds. The van der Waals surface area contributed by atoms with Gasteiger partial charge in [0.25, 0.3) is 0 Å². The number of carbonyl (C=O) groups is 3. The van der Waals surface area contributed by atoms with E-state index in [0.717, 1.165) is 69.6 Å². The van der Waals surface area contributed by atoms with Gasteiger partial charge in [-0.25, -0.2) is 0 Å². The molecule has 0 fully saturated rings. The number of hydrogen-bond acceptors (Lipinski definition) is 6. The third-order valence-electron chi connectivity index (χ3n) is 13.0. The lowest BCUT2D eigenvalue weighted by molar-refractivity contribution is -0.167. The number of hydrogen-bond donors (Lipinski definition) is 0. The van der Waals surface area contributed by atoms with Crippen molar-refractivity contribution >= 4 is 17.9 Å². The highest BCUT2D eigenvalue weighted by Crippen LogP contribution is 2.18. The highest BCUT2D eigenvalue weighted by atomic mass is 16.6. The number of carbonyl (C=O) groups excluding carboxylic acids is 3. The molecule has 0 aromatic carbocycles. The van der Waals surface area contributed by atoms with Gasteiger partial charge in [-0.2, -0.15) is 0 Å². The zero-order valence-electron chi connectivity index (χ0n) is 43.2. The minimum Gasteiger partial charge on any atom is -0.462 e. The number of rotatable bonds is 51. The van der Waals surface area contributed by atoms with Gasteiger partial charge in [-0.15, -0.1) is 0 Å². The Hall–Kier alpha value is -1.59. The average Bonchev–Trinajstić information content (AvgIpc) is 3.25. The molecule has 0 rings (SSSR count). The highest BCUT2D eigenvalue weighted by Gasteiger charge is 2.19. The molecule has 0 aliphatic rings. The quantitative estimate of drug-likeness (QED) is 0.0344. The predicted molar refractivity (Wildman–Crippen MR) is 270 cm³/mol. The normalized spacial score (nSPS) is 12.0. The van der Waals surface area contributed by atoms with Gasteiger partial charge in [-0.3, -0.25) is 14.4 Å². The van der Waals surface area contributed by atoms with Crippen molar-refractivity contribution < 1.29 is 28.6 Å². The molecule has 0 saturated heterocycles. The summed E-state index contributed by atoms with van der Waals surface area (Å²) in [6.45, 7) is 11.4. The van der Waals surface area contributed by atoms with Gasteiger partial charge in [0.2, 0.25) is 0 Å². The molecule has 6 nitrogen and oxygen atoms in total. The van der Waals surface area contributed by atoms with Crippen molar-refractivity contribution in [2.45, 2.75) is 323 Å². The summed E-state index contributed by atoms with van der Waals surface area (Å²) in [5, 5.41) is 0. The van der Waals surface area contributed by atoms with Gasteiger partial charge in [0.15, 0.2) is 6.10 Å². The zero-order chi connectivity index (χ0) is 46.1. The molecule has 0 N–H and O–H groups in total. The molecule has 0 heterocycles. The first kappa shape index (κ1) is 61.4. The van der Waals surface area contributed by atoms with Gasteiger partial charge in [0.05, 0.1) is 0 Å². The summed E-state index contributed by atoms with van der Waals surface area (Å²) < 4.78 is 16.9.